The molecule has 10 heteroatoms. The predicted molar refractivity (Wildman–Crippen MR) is 115 cm³/mol. The molecule has 0 radical (unpaired) electrons. The van der Waals surface area contributed by atoms with Crippen LogP contribution in [0.1, 0.15) is 16.7 Å². The Morgan fingerprint density at radius 3 is 2.06 bits per heavy atom. The molecule has 0 atom stereocenters. The molecule has 3 aromatic rings. The molecule has 0 aliphatic heterocycles. The summed E-state index contributed by atoms with van der Waals surface area (Å²) in [6.07, 6.45) is 1.63. The van der Waals surface area contributed by atoms with Gasteiger partial charge in [-0.2, -0.15) is 22.8 Å². The highest BCUT2D eigenvalue weighted by molar-refractivity contribution is 5.43. The predicted octanol–water partition coefficient (Wildman–Crippen LogP) is 4.33. The Morgan fingerprint density at radius 2 is 1.44 bits per heavy atom. The molecule has 0 fully saturated rings. The number of anilines is 1. The molecule has 0 saturated carbocycles. The van der Waals surface area contributed by atoms with Gasteiger partial charge in [0.25, 0.3) is 0 Å². The third-order valence-electron chi connectivity index (χ3n) is 4.82. The van der Waals surface area contributed by atoms with Gasteiger partial charge in [0.15, 0.2) is 25.0 Å². The van der Waals surface area contributed by atoms with E-state index in [-0.39, 0.29) is 0 Å². The number of aromatic nitrogens is 1. The van der Waals surface area contributed by atoms with E-state index in [2.05, 4.69) is 44.0 Å². The van der Waals surface area contributed by atoms with Crippen molar-refractivity contribution in [1.82, 2.24) is 5.59 Å². The monoisotopic (exact) mass is 476 g/mol. The minimum absolute atomic E-state index is 0.314. The van der Waals surface area contributed by atoms with Crippen LogP contribution in [0.15, 0.2) is 79.1 Å². The van der Waals surface area contributed by atoms with Gasteiger partial charge in [-0.25, -0.2) is 9.40 Å². The van der Waals surface area contributed by atoms with E-state index in [1.807, 2.05) is 30.6 Å². The molecule has 0 amide bonds. The lowest BCUT2D eigenvalue weighted by atomic mass is 10.1. The number of pyridine rings is 1. The minimum Gasteiger partial charge on any atom is -0.299 e. The maximum atomic E-state index is 13.4. The Morgan fingerprint density at radius 1 is 0.824 bits per heavy atom. The van der Waals surface area contributed by atoms with Crippen molar-refractivity contribution in [3.8, 4) is 12.0 Å². The molecule has 0 bridgehead atoms. The van der Waals surface area contributed by atoms with Crippen LogP contribution in [0.3, 0.4) is 0 Å². The van der Waals surface area contributed by atoms with Crippen LogP contribution in [0.4, 0.5) is 23.2 Å². The van der Waals surface area contributed by atoms with Crippen molar-refractivity contribution in [2.75, 3.05) is 5.43 Å². The summed E-state index contributed by atoms with van der Waals surface area (Å²) >= 11 is 0. The fourth-order valence-electron chi connectivity index (χ4n) is 2.97. The lowest BCUT2D eigenvalue weighted by Gasteiger charge is -2.21. The highest BCUT2D eigenvalue weighted by Gasteiger charge is 2.58. The van der Waals surface area contributed by atoms with Gasteiger partial charge >= 0.3 is 12.0 Å². The van der Waals surface area contributed by atoms with Gasteiger partial charge in [0.05, 0.1) is 5.69 Å². The molecule has 178 valence electrons. The van der Waals surface area contributed by atoms with Crippen LogP contribution in [0.5, 0.6) is 0 Å². The Bertz CT molecular complexity index is 1100. The van der Waals surface area contributed by atoms with E-state index in [9.17, 15) is 17.6 Å². The average Bonchev–Trinajstić information content (AvgIpc) is 2.83. The second kappa shape index (κ2) is 11.5. The van der Waals surface area contributed by atoms with E-state index in [0.717, 1.165) is 37.0 Å². The van der Waals surface area contributed by atoms with Crippen molar-refractivity contribution in [3.05, 3.63) is 95.8 Å². The van der Waals surface area contributed by atoms with Crippen molar-refractivity contribution in [2.45, 2.75) is 31.4 Å². The molecular formula is C24H22F4N3O3+. The molecule has 0 spiro atoms. The Hall–Kier alpha value is -3.65. The van der Waals surface area contributed by atoms with Gasteiger partial charge < -0.3 is 0 Å². The van der Waals surface area contributed by atoms with Gasteiger partial charge in [-0.05, 0) is 36.1 Å². The zero-order valence-corrected chi connectivity index (χ0v) is 17.8. The first-order valence-electron chi connectivity index (χ1n) is 10.2. The molecule has 6 nitrogen and oxygen atoms in total. The number of nitrogens with one attached hydrogen (secondary N) is 2. The van der Waals surface area contributed by atoms with Crippen LogP contribution in [0.25, 0.3) is 0 Å². The van der Waals surface area contributed by atoms with Crippen molar-refractivity contribution < 1.29 is 37.1 Å². The maximum absolute atomic E-state index is 13.4. The second-order valence-corrected chi connectivity index (χ2v) is 7.30. The van der Waals surface area contributed by atoms with Gasteiger partial charge in [0.1, 0.15) is 0 Å². The molecule has 0 saturated heterocycles. The summed E-state index contributed by atoms with van der Waals surface area (Å²) in [4.78, 5) is 6.76. The fraction of sp³-hybridized carbons (Fsp3) is 0.208. The molecule has 0 aliphatic rings. The molecule has 1 heterocycles. The van der Waals surface area contributed by atoms with Gasteiger partial charge in [-0.3, -0.25) is 10.3 Å². The first-order chi connectivity index (χ1) is 16.3. The third-order valence-corrected chi connectivity index (χ3v) is 4.82. The van der Waals surface area contributed by atoms with Gasteiger partial charge in [-0.15, -0.1) is 5.59 Å². The maximum Gasteiger partial charge on any atom is 0.449 e. The summed E-state index contributed by atoms with van der Waals surface area (Å²) in [5, 5.41) is 7.88. The molecule has 2 aromatic carbocycles. The number of hydrogen-bond acceptors (Lipinski definition) is 5. The SMILES string of the molecule is OOC#CC(F)(F)C(F)(F)ONNc1ccc(CCc2cc[n+](Cc3ccccc3)cc2)cc1. The van der Waals surface area contributed by atoms with Gasteiger partial charge in [0, 0.05) is 23.6 Å². The van der Waals surface area contributed by atoms with Crippen molar-refractivity contribution in [1.29, 1.82) is 0 Å². The quantitative estimate of drug-likeness (QED) is 0.134. The van der Waals surface area contributed by atoms with Gasteiger partial charge in [-0.1, -0.05) is 42.5 Å². The van der Waals surface area contributed by atoms with Crippen LogP contribution < -0.4 is 15.6 Å². The fourth-order valence-corrected chi connectivity index (χ4v) is 2.97. The first-order valence-corrected chi connectivity index (χ1v) is 10.2. The Kier molecular flexibility index (Phi) is 8.43. The standard InChI is InChI=1S/C24H21F4N3O3/c25-23(26,14-17-33-32)24(27,28)34-30-29-22-10-8-19(9-11-22)6-7-20-12-15-31(16-13-20)18-21-4-2-1-3-5-21/h1-5,8-13,15-16,29-30H,6-7,18H2/p+1. The summed E-state index contributed by atoms with van der Waals surface area (Å²) in [7, 11) is 0. The number of halogens is 4. The van der Waals surface area contributed by atoms with E-state index < -0.39 is 12.0 Å². The Labute approximate surface area is 193 Å². The van der Waals surface area contributed by atoms with E-state index in [1.165, 1.54) is 11.1 Å². The van der Waals surface area contributed by atoms with E-state index in [0.29, 0.717) is 5.69 Å². The van der Waals surface area contributed by atoms with Crippen LogP contribution in [0, 0.1) is 12.0 Å². The second-order valence-electron chi connectivity index (χ2n) is 7.30. The number of hydrazine groups is 1. The highest BCUT2D eigenvalue weighted by atomic mass is 19.3. The number of nitrogens with zero attached hydrogens (tertiary/aromatic N) is 1. The van der Waals surface area contributed by atoms with Crippen LogP contribution >= 0.6 is 0 Å². The van der Waals surface area contributed by atoms with E-state index in [1.54, 1.807) is 29.9 Å². The first kappa shape index (κ1) is 25.0. The largest absolute Gasteiger partial charge is 0.449 e. The number of aryl methyl sites for hydroxylation is 2. The highest BCUT2D eigenvalue weighted by Crippen LogP contribution is 2.33. The number of rotatable bonds is 10. The third kappa shape index (κ3) is 7.18. The topological polar surface area (TPSA) is 66.6 Å². The van der Waals surface area contributed by atoms with Crippen LogP contribution in [0.2, 0.25) is 0 Å². The van der Waals surface area contributed by atoms with Crippen molar-refractivity contribution in [2.24, 2.45) is 0 Å². The summed E-state index contributed by atoms with van der Waals surface area (Å²) in [5.74, 6) is -4.15. The van der Waals surface area contributed by atoms with Crippen molar-refractivity contribution >= 4 is 5.69 Å². The molecule has 0 aliphatic carbocycles. The van der Waals surface area contributed by atoms with E-state index in [4.69, 9.17) is 5.26 Å². The van der Waals surface area contributed by atoms with Crippen LogP contribution in [-0.4, -0.2) is 17.3 Å². The summed E-state index contributed by atoms with van der Waals surface area (Å²) < 4.78 is 55.2. The number of benzene rings is 2. The molecule has 3 N–H and O–H groups in total. The zero-order valence-electron chi connectivity index (χ0n) is 17.8. The number of hydrogen-bond donors (Lipinski definition) is 3. The van der Waals surface area contributed by atoms with E-state index >= 15 is 0 Å². The summed E-state index contributed by atoms with van der Waals surface area (Å²) in [6.45, 7) is 0.793. The number of alkyl halides is 4. The normalized spacial score (nSPS) is 11.4. The lowest BCUT2D eigenvalue weighted by Crippen LogP contribution is -2.46. The average molecular weight is 476 g/mol. The summed E-state index contributed by atoms with van der Waals surface area (Å²) in [6, 6.07) is 21.0. The minimum atomic E-state index is -4.99. The smallest absolute Gasteiger partial charge is 0.299 e. The molecule has 3 rings (SSSR count). The zero-order chi connectivity index (χ0) is 24.4. The molecule has 1 aromatic heterocycles. The molecule has 34 heavy (non-hydrogen) atoms. The molecule has 0 unspecified atom stereocenters. The Balaban J connectivity index is 1.45. The van der Waals surface area contributed by atoms with Crippen molar-refractivity contribution in [3.63, 3.8) is 0 Å². The van der Waals surface area contributed by atoms with Gasteiger partial charge in [0.2, 0.25) is 0 Å². The molecular weight excluding hydrogens is 454 g/mol. The summed E-state index contributed by atoms with van der Waals surface area (Å²) in [5.41, 5.74) is 7.51. The lowest BCUT2D eigenvalue weighted by molar-refractivity contribution is -0.688. The van der Waals surface area contributed by atoms with Crippen LogP contribution in [-0.2, 0) is 29.1 Å².